The lowest BCUT2D eigenvalue weighted by Crippen LogP contribution is -2.43. The van der Waals surface area contributed by atoms with Crippen molar-refractivity contribution in [2.75, 3.05) is 19.7 Å². The van der Waals surface area contributed by atoms with Gasteiger partial charge in [0.25, 0.3) is 0 Å². The number of nitrogens with two attached hydrogens (primary N) is 1. The van der Waals surface area contributed by atoms with Gasteiger partial charge in [-0.2, -0.15) is 0 Å². The largest absolute Gasteiger partial charge is 0.348 e. The van der Waals surface area contributed by atoms with Crippen molar-refractivity contribution in [1.29, 1.82) is 0 Å². The number of nitrogens with zero attached hydrogens (tertiary/aromatic N) is 1. The third kappa shape index (κ3) is 2.33. The molecule has 0 saturated carbocycles. The molecule has 0 aliphatic carbocycles. The van der Waals surface area contributed by atoms with Gasteiger partial charge in [-0.3, -0.25) is 4.90 Å². The Balaban J connectivity index is 1.93. The van der Waals surface area contributed by atoms with E-state index in [1.54, 1.807) is 0 Å². The molecule has 0 aromatic carbocycles. The minimum absolute atomic E-state index is 0.0524. The fourth-order valence-corrected chi connectivity index (χ4v) is 2.54. The fraction of sp³-hybridized carbons (Fsp3) is 1.00. The highest BCUT2D eigenvalue weighted by Gasteiger charge is 2.38. The maximum atomic E-state index is 5.79. The minimum Gasteiger partial charge on any atom is -0.348 e. The molecule has 2 aliphatic rings. The second kappa shape index (κ2) is 4.78. The molecule has 2 saturated heterocycles. The Morgan fingerprint density at radius 1 is 1.47 bits per heavy atom. The van der Waals surface area contributed by atoms with Gasteiger partial charge in [0.05, 0.1) is 18.8 Å². The summed E-state index contributed by atoms with van der Waals surface area (Å²) in [6.45, 7) is 6.84. The van der Waals surface area contributed by atoms with Crippen LogP contribution < -0.4 is 5.73 Å². The van der Waals surface area contributed by atoms with Gasteiger partial charge in [-0.1, -0.05) is 0 Å². The van der Waals surface area contributed by atoms with E-state index in [4.69, 9.17) is 15.2 Å². The highest BCUT2D eigenvalue weighted by Crippen LogP contribution is 2.28. The maximum absolute atomic E-state index is 5.79. The van der Waals surface area contributed by atoms with Crippen molar-refractivity contribution >= 4 is 0 Å². The van der Waals surface area contributed by atoms with Crippen molar-refractivity contribution in [3.63, 3.8) is 0 Å². The molecule has 4 nitrogen and oxygen atoms in total. The first-order valence-electron chi connectivity index (χ1n) is 5.95. The van der Waals surface area contributed by atoms with E-state index in [9.17, 15) is 0 Å². The van der Waals surface area contributed by atoms with Gasteiger partial charge < -0.3 is 15.2 Å². The molecule has 2 heterocycles. The highest BCUT2D eigenvalue weighted by molar-refractivity contribution is 4.86. The summed E-state index contributed by atoms with van der Waals surface area (Å²) in [6.07, 6.45) is 2.48. The predicted octanol–water partition coefficient (Wildman–Crippen LogP) is 0.559. The van der Waals surface area contributed by atoms with E-state index in [0.717, 1.165) is 0 Å². The van der Waals surface area contributed by atoms with Crippen LogP contribution in [0.25, 0.3) is 0 Å². The summed E-state index contributed by atoms with van der Waals surface area (Å²) in [5.74, 6) is 0. The van der Waals surface area contributed by atoms with E-state index in [0.29, 0.717) is 25.2 Å². The van der Waals surface area contributed by atoms with Gasteiger partial charge in [0.2, 0.25) is 0 Å². The summed E-state index contributed by atoms with van der Waals surface area (Å²) in [7, 11) is 0. The van der Waals surface area contributed by atoms with Crippen molar-refractivity contribution in [3.05, 3.63) is 0 Å². The number of ether oxygens (including phenoxy) is 2. The van der Waals surface area contributed by atoms with Gasteiger partial charge in [-0.15, -0.1) is 0 Å². The van der Waals surface area contributed by atoms with E-state index in [1.165, 1.54) is 19.4 Å². The molecule has 4 heteroatoms. The second-order valence-electron chi connectivity index (χ2n) is 4.74. The Morgan fingerprint density at radius 2 is 2.27 bits per heavy atom. The lowest BCUT2D eigenvalue weighted by atomic mass is 10.2. The fourth-order valence-electron chi connectivity index (χ4n) is 2.54. The van der Waals surface area contributed by atoms with Crippen LogP contribution in [0.1, 0.15) is 26.7 Å². The second-order valence-corrected chi connectivity index (χ2v) is 4.74. The van der Waals surface area contributed by atoms with Crippen LogP contribution in [-0.2, 0) is 9.47 Å². The van der Waals surface area contributed by atoms with Crippen molar-refractivity contribution in [2.45, 2.75) is 51.2 Å². The van der Waals surface area contributed by atoms with E-state index in [-0.39, 0.29) is 12.4 Å². The molecule has 2 rings (SSSR count). The van der Waals surface area contributed by atoms with Crippen molar-refractivity contribution in [1.82, 2.24) is 4.90 Å². The van der Waals surface area contributed by atoms with Gasteiger partial charge in [0.1, 0.15) is 0 Å². The molecular formula is C11H22N2O2. The van der Waals surface area contributed by atoms with E-state index >= 15 is 0 Å². The monoisotopic (exact) mass is 214 g/mol. The van der Waals surface area contributed by atoms with Gasteiger partial charge in [-0.25, -0.2) is 0 Å². The van der Waals surface area contributed by atoms with Crippen LogP contribution in [0, 0.1) is 0 Å². The molecule has 3 atom stereocenters. The molecular weight excluding hydrogens is 192 g/mol. The van der Waals surface area contributed by atoms with Gasteiger partial charge >= 0.3 is 0 Å². The van der Waals surface area contributed by atoms with E-state index in [2.05, 4.69) is 18.7 Å². The zero-order valence-electron chi connectivity index (χ0n) is 9.69. The molecule has 2 fully saturated rings. The standard InChI is InChI=1S/C11H22N2O2/c1-8(2)13-5-3-4-10(13)11-14-7-9(6-12)15-11/h8-11H,3-7,12H2,1-2H3. The molecule has 88 valence electrons. The maximum Gasteiger partial charge on any atom is 0.173 e. The number of likely N-dealkylation sites (tertiary alicyclic amines) is 1. The van der Waals surface area contributed by atoms with Crippen LogP contribution in [0.2, 0.25) is 0 Å². The molecule has 2 N–H and O–H groups in total. The first kappa shape index (κ1) is 11.3. The van der Waals surface area contributed by atoms with E-state index < -0.39 is 0 Å². The van der Waals surface area contributed by atoms with Crippen molar-refractivity contribution in [3.8, 4) is 0 Å². The minimum atomic E-state index is -0.0524. The molecule has 0 radical (unpaired) electrons. The summed E-state index contributed by atoms with van der Waals surface area (Å²) in [4.78, 5) is 2.48. The molecule has 0 amide bonds. The lowest BCUT2D eigenvalue weighted by Gasteiger charge is -2.31. The zero-order chi connectivity index (χ0) is 10.8. The Labute approximate surface area is 91.7 Å². The normalized spacial score (nSPS) is 38.0. The number of hydrogen-bond donors (Lipinski definition) is 1. The van der Waals surface area contributed by atoms with Crippen LogP contribution in [0.5, 0.6) is 0 Å². The smallest absolute Gasteiger partial charge is 0.173 e. The summed E-state index contributed by atoms with van der Waals surface area (Å²) in [6, 6.07) is 1.00. The average molecular weight is 214 g/mol. The summed E-state index contributed by atoms with van der Waals surface area (Å²) in [5, 5.41) is 0. The molecule has 0 aromatic rings. The molecule has 2 aliphatic heterocycles. The third-order valence-corrected chi connectivity index (χ3v) is 3.36. The average Bonchev–Trinajstić information content (AvgIpc) is 2.85. The summed E-state index contributed by atoms with van der Waals surface area (Å²) < 4.78 is 11.5. The van der Waals surface area contributed by atoms with Crippen molar-refractivity contribution in [2.24, 2.45) is 5.73 Å². The molecule has 0 aromatic heterocycles. The number of rotatable bonds is 3. The third-order valence-electron chi connectivity index (χ3n) is 3.36. The Hall–Kier alpha value is -0.160. The van der Waals surface area contributed by atoms with Gasteiger partial charge in [0.15, 0.2) is 6.29 Å². The summed E-state index contributed by atoms with van der Waals surface area (Å²) >= 11 is 0. The quantitative estimate of drug-likeness (QED) is 0.745. The predicted molar refractivity (Wildman–Crippen MR) is 58.5 cm³/mol. The summed E-state index contributed by atoms with van der Waals surface area (Å²) in [5.41, 5.74) is 5.57. The zero-order valence-corrected chi connectivity index (χ0v) is 9.69. The SMILES string of the molecule is CC(C)N1CCCC1C1OCC(CN)O1. The van der Waals surface area contributed by atoms with Gasteiger partial charge in [-0.05, 0) is 33.2 Å². The molecule has 3 unspecified atom stereocenters. The molecule has 0 bridgehead atoms. The number of hydrogen-bond acceptors (Lipinski definition) is 4. The Bertz CT molecular complexity index is 211. The van der Waals surface area contributed by atoms with E-state index in [1.807, 2.05) is 0 Å². The first-order valence-corrected chi connectivity index (χ1v) is 5.95. The topological polar surface area (TPSA) is 47.7 Å². The van der Waals surface area contributed by atoms with Crippen LogP contribution in [0.3, 0.4) is 0 Å². The van der Waals surface area contributed by atoms with Crippen LogP contribution in [0.4, 0.5) is 0 Å². The Kier molecular flexibility index (Phi) is 3.61. The first-order chi connectivity index (χ1) is 7.22. The van der Waals surface area contributed by atoms with Crippen LogP contribution >= 0.6 is 0 Å². The van der Waals surface area contributed by atoms with Crippen LogP contribution in [-0.4, -0.2) is 49.1 Å². The van der Waals surface area contributed by atoms with Crippen LogP contribution in [0.15, 0.2) is 0 Å². The molecule has 15 heavy (non-hydrogen) atoms. The Morgan fingerprint density at radius 3 is 2.87 bits per heavy atom. The van der Waals surface area contributed by atoms with Gasteiger partial charge in [0, 0.05) is 12.6 Å². The highest BCUT2D eigenvalue weighted by atomic mass is 16.7. The lowest BCUT2D eigenvalue weighted by molar-refractivity contribution is -0.105. The van der Waals surface area contributed by atoms with Crippen molar-refractivity contribution < 1.29 is 9.47 Å². The molecule has 0 spiro atoms.